The number of alkyl halides is 2. The molecule has 2 atom stereocenters. The topological polar surface area (TPSA) is 183 Å². The summed E-state index contributed by atoms with van der Waals surface area (Å²) >= 11 is 0. The number of nitriles is 1. The number of anilines is 5. The summed E-state index contributed by atoms with van der Waals surface area (Å²) in [6.07, 6.45) is 5.59. The first-order chi connectivity index (χ1) is 31.4. The van der Waals surface area contributed by atoms with Gasteiger partial charge in [-0.05, 0) is 68.2 Å². The lowest BCUT2D eigenvalue weighted by molar-refractivity contribution is -0.134. The standard InChI is InChI=1S/C46H49F2N13O4/c1-56-33-10-8-29(20-32(33)39-41(45(56)64)65-25-46(47,48)42(54-39)27-6-7-27)51-36-21-35(52-43-28(22-49)23-50-61(36)43)60-14-12-26(13-15-60)24-58-16-18-59(19-17-58)34-5-3-4-30-38(55-57(2)40(30)34)31-9-11-37(62)53-44(31)63/h3-5,8,10,20-21,23,26-27,31,42,51,54H,6-7,9,11-19,24-25H2,1-2H3,(H,53,62,63)/t31?,42-/m0/s1. The molecule has 19 heteroatoms. The van der Waals surface area contributed by atoms with Crippen LogP contribution in [-0.2, 0) is 23.7 Å². The summed E-state index contributed by atoms with van der Waals surface area (Å²) in [7, 11) is 3.52. The number of pyridine rings is 1. The second-order valence-electron chi connectivity index (χ2n) is 18.2. The summed E-state index contributed by atoms with van der Waals surface area (Å²) in [5.74, 6) is -2.65. The molecule has 2 aromatic carbocycles. The average Bonchev–Trinajstić information content (AvgIpc) is 3.99. The molecular formula is C46H49F2N13O4. The average molecular weight is 886 g/mol. The Hall–Kier alpha value is -6.81. The molecule has 1 saturated carbocycles. The van der Waals surface area contributed by atoms with Gasteiger partial charge in [0.25, 0.3) is 5.56 Å². The number of fused-ring (bicyclic) bond motifs is 5. The Labute approximate surface area is 371 Å². The van der Waals surface area contributed by atoms with E-state index in [4.69, 9.17) is 14.8 Å². The molecular weight excluding hydrogens is 837 g/mol. The summed E-state index contributed by atoms with van der Waals surface area (Å²) in [4.78, 5) is 50.1. The van der Waals surface area contributed by atoms with Crippen molar-refractivity contribution >= 4 is 68.0 Å². The second kappa shape index (κ2) is 15.7. The highest BCUT2D eigenvalue weighted by atomic mass is 19.3. The van der Waals surface area contributed by atoms with Gasteiger partial charge in [0.1, 0.15) is 23.3 Å². The molecule has 0 bridgehead atoms. The Morgan fingerprint density at radius 1 is 0.954 bits per heavy atom. The van der Waals surface area contributed by atoms with Crippen LogP contribution in [-0.4, -0.2) is 110 Å². The van der Waals surface area contributed by atoms with Crippen molar-refractivity contribution in [2.75, 3.05) is 72.9 Å². The first kappa shape index (κ1) is 40.9. The zero-order valence-electron chi connectivity index (χ0n) is 36.2. The molecule has 4 aliphatic heterocycles. The van der Waals surface area contributed by atoms with E-state index >= 15 is 8.78 Å². The van der Waals surface area contributed by atoms with Crippen LogP contribution < -0.4 is 36.0 Å². The number of halogens is 2. The van der Waals surface area contributed by atoms with Gasteiger partial charge >= 0.3 is 5.92 Å². The molecule has 1 aliphatic carbocycles. The summed E-state index contributed by atoms with van der Waals surface area (Å²) in [5.41, 5.74) is 4.55. The van der Waals surface area contributed by atoms with Gasteiger partial charge in [-0.15, -0.1) is 0 Å². The molecule has 5 aliphatic rings. The Bertz CT molecular complexity index is 3010. The number of carbonyl (C=O) groups excluding carboxylic acids is 2. The SMILES string of the molecule is Cn1nc(C2CCC(=O)NC2=O)c2cccc(N3CCN(CC4CCN(c5cc(Nc6ccc7c(c6)c6c(c(=O)n7C)OCC(F)(F)[C@H](C7CC7)N6)n6ncc(C#N)c6n5)CC4)CC3)c21. The molecule has 3 N–H and O–H groups in total. The van der Waals surface area contributed by atoms with Gasteiger partial charge in [0.2, 0.25) is 17.6 Å². The molecule has 4 aromatic heterocycles. The number of ether oxygens (including phenoxy) is 1. The number of piperazine rings is 1. The van der Waals surface area contributed by atoms with E-state index in [1.807, 2.05) is 42.1 Å². The van der Waals surface area contributed by atoms with Crippen LogP contribution in [0.5, 0.6) is 5.75 Å². The summed E-state index contributed by atoms with van der Waals surface area (Å²) in [5, 5.41) is 29.8. The quantitative estimate of drug-likeness (QED) is 0.177. The Morgan fingerprint density at radius 2 is 1.75 bits per heavy atom. The molecule has 11 rings (SSSR count). The molecule has 17 nitrogen and oxygen atoms in total. The van der Waals surface area contributed by atoms with Gasteiger partial charge in [-0.25, -0.2) is 13.8 Å². The maximum atomic E-state index is 15.3. The number of amides is 2. The van der Waals surface area contributed by atoms with Crippen LogP contribution in [0.1, 0.15) is 55.7 Å². The molecule has 3 saturated heterocycles. The number of carbonyl (C=O) groups is 2. The van der Waals surface area contributed by atoms with Crippen LogP contribution in [0.4, 0.5) is 37.5 Å². The number of hydrogen-bond acceptors (Lipinski definition) is 13. The van der Waals surface area contributed by atoms with Crippen LogP contribution in [0.2, 0.25) is 0 Å². The number of para-hydroxylation sites is 1. The predicted octanol–water partition coefficient (Wildman–Crippen LogP) is 4.86. The van der Waals surface area contributed by atoms with Crippen molar-refractivity contribution in [1.29, 1.82) is 5.26 Å². The van der Waals surface area contributed by atoms with E-state index in [1.165, 1.54) is 10.8 Å². The van der Waals surface area contributed by atoms with E-state index in [1.54, 1.807) is 17.6 Å². The maximum Gasteiger partial charge on any atom is 0.301 e. The van der Waals surface area contributed by atoms with Crippen molar-refractivity contribution in [3.63, 3.8) is 0 Å². The van der Waals surface area contributed by atoms with Crippen molar-refractivity contribution in [1.82, 2.24) is 39.2 Å². The Balaban J connectivity index is 0.778. The third-order valence-corrected chi connectivity index (χ3v) is 14.1. The van der Waals surface area contributed by atoms with Gasteiger partial charge in [-0.2, -0.15) is 20.0 Å². The van der Waals surface area contributed by atoms with Crippen molar-refractivity contribution in [2.45, 2.75) is 56.4 Å². The van der Waals surface area contributed by atoms with Gasteiger partial charge in [0.05, 0.1) is 46.3 Å². The van der Waals surface area contributed by atoms with Crippen LogP contribution in [0.25, 0.3) is 27.5 Å². The molecule has 65 heavy (non-hydrogen) atoms. The van der Waals surface area contributed by atoms with E-state index < -0.39 is 30.0 Å². The Kier molecular flexibility index (Phi) is 9.90. The van der Waals surface area contributed by atoms with Gasteiger partial charge in [-0.1, -0.05) is 12.1 Å². The number of imide groups is 1. The van der Waals surface area contributed by atoms with Crippen LogP contribution in [0, 0.1) is 23.2 Å². The fourth-order valence-corrected chi connectivity index (χ4v) is 10.4. The molecule has 336 valence electrons. The number of piperidine rings is 2. The molecule has 4 fully saturated rings. The highest BCUT2D eigenvalue weighted by Crippen LogP contribution is 2.46. The second-order valence-corrected chi connectivity index (χ2v) is 18.2. The Morgan fingerprint density at radius 3 is 2.51 bits per heavy atom. The fraction of sp³-hybridized carbons (Fsp3) is 0.457. The van der Waals surface area contributed by atoms with Crippen molar-refractivity contribution < 1.29 is 23.1 Å². The zero-order valence-corrected chi connectivity index (χ0v) is 36.2. The fourth-order valence-electron chi connectivity index (χ4n) is 10.4. The minimum atomic E-state index is -3.15. The molecule has 2 amide bonds. The number of nitrogens with zero attached hydrogens (tertiary/aromatic N) is 10. The summed E-state index contributed by atoms with van der Waals surface area (Å²) < 4.78 is 41.0. The highest BCUT2D eigenvalue weighted by Gasteiger charge is 2.51. The first-order valence-corrected chi connectivity index (χ1v) is 22.5. The number of nitrogens with one attached hydrogen (secondary N) is 3. The minimum Gasteiger partial charge on any atom is -0.480 e. The molecule has 1 unspecified atom stereocenters. The molecule has 6 aromatic rings. The lowest BCUT2D eigenvalue weighted by Gasteiger charge is -2.40. The number of rotatable bonds is 8. The number of hydrogen-bond donors (Lipinski definition) is 3. The largest absolute Gasteiger partial charge is 0.480 e. The number of aryl methyl sites for hydroxylation is 2. The van der Waals surface area contributed by atoms with Crippen LogP contribution >= 0.6 is 0 Å². The van der Waals surface area contributed by atoms with Gasteiger partial charge < -0.3 is 29.7 Å². The number of benzene rings is 2. The van der Waals surface area contributed by atoms with Crippen molar-refractivity contribution in [2.24, 2.45) is 25.9 Å². The third kappa shape index (κ3) is 7.23. The van der Waals surface area contributed by atoms with E-state index in [0.29, 0.717) is 65.2 Å². The first-order valence-electron chi connectivity index (χ1n) is 22.5. The van der Waals surface area contributed by atoms with Crippen molar-refractivity contribution in [3.05, 3.63) is 70.3 Å². The summed E-state index contributed by atoms with van der Waals surface area (Å²) in [6, 6.07) is 14.6. The summed E-state index contributed by atoms with van der Waals surface area (Å²) in [6.45, 7) is 5.27. The van der Waals surface area contributed by atoms with Gasteiger partial charge in [0.15, 0.2) is 12.3 Å². The zero-order chi connectivity index (χ0) is 44.7. The van der Waals surface area contributed by atoms with E-state index in [0.717, 1.165) is 86.8 Å². The minimum absolute atomic E-state index is 0.118. The maximum absolute atomic E-state index is 15.3. The third-order valence-electron chi connectivity index (χ3n) is 14.1. The van der Waals surface area contributed by atoms with Crippen LogP contribution in [0.15, 0.2) is 53.5 Å². The van der Waals surface area contributed by atoms with Crippen molar-refractivity contribution in [3.8, 4) is 11.8 Å². The number of aromatic nitrogens is 6. The normalized spacial score (nSPS) is 21.8. The monoisotopic (exact) mass is 885 g/mol. The van der Waals surface area contributed by atoms with Gasteiger partial charge in [0, 0.05) is 88.9 Å². The van der Waals surface area contributed by atoms with E-state index in [9.17, 15) is 19.6 Å². The van der Waals surface area contributed by atoms with E-state index in [-0.39, 0.29) is 29.2 Å². The highest BCUT2D eigenvalue weighted by molar-refractivity contribution is 6.04. The van der Waals surface area contributed by atoms with Gasteiger partial charge in [-0.3, -0.25) is 29.3 Å². The molecule has 0 spiro atoms. The van der Waals surface area contributed by atoms with Crippen LogP contribution in [0.3, 0.4) is 0 Å². The lowest BCUT2D eigenvalue weighted by atomic mass is 9.92. The molecule has 8 heterocycles. The molecule has 0 radical (unpaired) electrons. The lowest BCUT2D eigenvalue weighted by Crippen LogP contribution is -2.49. The van der Waals surface area contributed by atoms with E-state index in [2.05, 4.69) is 47.9 Å². The smallest absolute Gasteiger partial charge is 0.301 e. The predicted molar refractivity (Wildman–Crippen MR) is 240 cm³/mol.